The quantitative estimate of drug-likeness (QED) is 0.727. The molecule has 0 bridgehead atoms. The fraction of sp³-hybridized carbons (Fsp3) is 0.833. The molecule has 0 aromatic heterocycles. The molecule has 1 fully saturated rings. The van der Waals surface area contributed by atoms with Gasteiger partial charge in [0.05, 0.1) is 12.7 Å². The predicted molar refractivity (Wildman–Crippen MR) is 61.9 cm³/mol. The average Bonchev–Trinajstić information content (AvgIpc) is 2.48. The lowest BCUT2D eigenvalue weighted by Gasteiger charge is -2.22. The van der Waals surface area contributed by atoms with Crippen LogP contribution in [-0.2, 0) is 19.0 Å². The summed E-state index contributed by atoms with van der Waals surface area (Å²) >= 11 is 0. The number of aliphatic hydroxyl groups is 1. The summed E-state index contributed by atoms with van der Waals surface area (Å²) in [6.45, 7) is 5.06. The van der Waals surface area contributed by atoms with E-state index in [2.05, 4.69) is 0 Å². The third-order valence-electron chi connectivity index (χ3n) is 2.88. The van der Waals surface area contributed by atoms with Gasteiger partial charge in [-0.15, -0.1) is 0 Å². The Balaban J connectivity index is 2.24. The SMILES string of the molecule is CC(=O)OCC[C@H](O)CC[C@H]1OC(=O)OC1(C)C. The van der Waals surface area contributed by atoms with Crippen LogP contribution in [0.2, 0.25) is 0 Å². The van der Waals surface area contributed by atoms with E-state index in [-0.39, 0.29) is 18.7 Å². The number of ether oxygens (including phenoxy) is 3. The first kappa shape index (κ1) is 14.8. The summed E-state index contributed by atoms with van der Waals surface area (Å²) in [6.07, 6.45) is -0.250. The smallest absolute Gasteiger partial charge is 0.466 e. The molecule has 0 aromatic rings. The van der Waals surface area contributed by atoms with E-state index in [0.717, 1.165) is 0 Å². The summed E-state index contributed by atoms with van der Waals surface area (Å²) in [5, 5.41) is 9.69. The van der Waals surface area contributed by atoms with Gasteiger partial charge in [-0.2, -0.15) is 0 Å². The molecule has 6 nitrogen and oxygen atoms in total. The van der Waals surface area contributed by atoms with Crippen LogP contribution in [0, 0.1) is 0 Å². The Kier molecular flexibility index (Phi) is 4.95. The van der Waals surface area contributed by atoms with E-state index in [0.29, 0.717) is 19.3 Å². The van der Waals surface area contributed by atoms with Crippen molar-refractivity contribution in [2.75, 3.05) is 6.61 Å². The lowest BCUT2D eigenvalue weighted by molar-refractivity contribution is -0.141. The maximum atomic E-state index is 11.0. The zero-order valence-electron chi connectivity index (χ0n) is 11.0. The van der Waals surface area contributed by atoms with E-state index in [1.807, 2.05) is 0 Å². The van der Waals surface area contributed by atoms with Gasteiger partial charge in [0.25, 0.3) is 0 Å². The monoisotopic (exact) mass is 260 g/mol. The molecule has 104 valence electrons. The molecular formula is C12H20O6. The zero-order valence-corrected chi connectivity index (χ0v) is 11.0. The summed E-state index contributed by atoms with van der Waals surface area (Å²) in [4.78, 5) is 21.5. The Bertz CT molecular complexity index is 312. The first-order chi connectivity index (χ1) is 8.31. The number of aliphatic hydroxyl groups excluding tert-OH is 1. The fourth-order valence-corrected chi connectivity index (χ4v) is 1.80. The third-order valence-corrected chi connectivity index (χ3v) is 2.88. The highest BCUT2D eigenvalue weighted by Gasteiger charge is 2.43. The van der Waals surface area contributed by atoms with Crippen molar-refractivity contribution in [3.05, 3.63) is 0 Å². The molecule has 0 radical (unpaired) electrons. The molecule has 1 aliphatic rings. The van der Waals surface area contributed by atoms with Crippen molar-refractivity contribution < 1.29 is 28.9 Å². The minimum absolute atomic E-state index is 0.195. The van der Waals surface area contributed by atoms with Crippen LogP contribution < -0.4 is 0 Å². The summed E-state index contributed by atoms with van der Waals surface area (Å²) in [6, 6.07) is 0. The first-order valence-corrected chi connectivity index (χ1v) is 6.02. The van der Waals surface area contributed by atoms with Gasteiger partial charge in [0.1, 0.15) is 11.7 Å². The van der Waals surface area contributed by atoms with Crippen molar-refractivity contribution in [3.8, 4) is 0 Å². The Labute approximate surface area is 106 Å². The highest BCUT2D eigenvalue weighted by Crippen LogP contribution is 2.29. The van der Waals surface area contributed by atoms with Crippen LogP contribution in [-0.4, -0.2) is 41.6 Å². The molecule has 18 heavy (non-hydrogen) atoms. The van der Waals surface area contributed by atoms with Gasteiger partial charge in [-0.05, 0) is 26.7 Å². The van der Waals surface area contributed by atoms with Crippen LogP contribution in [0.15, 0.2) is 0 Å². The van der Waals surface area contributed by atoms with Crippen molar-refractivity contribution >= 4 is 12.1 Å². The number of rotatable bonds is 6. The van der Waals surface area contributed by atoms with Crippen molar-refractivity contribution in [2.45, 2.75) is 57.8 Å². The zero-order chi connectivity index (χ0) is 13.8. The van der Waals surface area contributed by atoms with Gasteiger partial charge in [0.15, 0.2) is 0 Å². The van der Waals surface area contributed by atoms with E-state index in [9.17, 15) is 14.7 Å². The molecule has 1 saturated heterocycles. The molecule has 0 amide bonds. The third kappa shape index (κ3) is 4.52. The minimum Gasteiger partial charge on any atom is -0.466 e. The van der Waals surface area contributed by atoms with Gasteiger partial charge in [0.2, 0.25) is 0 Å². The predicted octanol–water partition coefficient (Wildman–Crippen LogP) is 1.39. The van der Waals surface area contributed by atoms with Crippen LogP contribution in [0.3, 0.4) is 0 Å². The summed E-state index contributed by atoms with van der Waals surface area (Å²) in [5.41, 5.74) is -0.660. The molecule has 2 atom stereocenters. The van der Waals surface area contributed by atoms with E-state index < -0.39 is 17.9 Å². The average molecular weight is 260 g/mol. The lowest BCUT2D eigenvalue weighted by Crippen LogP contribution is -2.33. The maximum absolute atomic E-state index is 11.0. The van der Waals surface area contributed by atoms with Gasteiger partial charge in [-0.25, -0.2) is 4.79 Å². The number of hydrogen-bond donors (Lipinski definition) is 1. The Morgan fingerprint density at radius 2 is 2.17 bits per heavy atom. The molecule has 0 spiro atoms. The maximum Gasteiger partial charge on any atom is 0.509 e. The summed E-state index contributed by atoms with van der Waals surface area (Å²) in [7, 11) is 0. The molecule has 1 aliphatic heterocycles. The number of cyclic esters (lactones) is 2. The Hall–Kier alpha value is -1.30. The van der Waals surface area contributed by atoms with Crippen LogP contribution in [0.25, 0.3) is 0 Å². The van der Waals surface area contributed by atoms with Crippen molar-refractivity contribution in [1.82, 2.24) is 0 Å². The van der Waals surface area contributed by atoms with Crippen LogP contribution >= 0.6 is 0 Å². The molecular weight excluding hydrogens is 240 g/mol. The van der Waals surface area contributed by atoms with Gasteiger partial charge < -0.3 is 19.3 Å². The van der Waals surface area contributed by atoms with Crippen LogP contribution in [0.4, 0.5) is 4.79 Å². The highest BCUT2D eigenvalue weighted by molar-refractivity contribution is 5.65. The van der Waals surface area contributed by atoms with Gasteiger partial charge in [-0.3, -0.25) is 4.79 Å². The molecule has 1 N–H and O–H groups in total. The first-order valence-electron chi connectivity index (χ1n) is 6.02. The minimum atomic E-state index is -0.667. The largest absolute Gasteiger partial charge is 0.509 e. The molecule has 0 aromatic carbocycles. The van der Waals surface area contributed by atoms with Gasteiger partial charge in [0, 0.05) is 13.3 Å². The van der Waals surface area contributed by atoms with Gasteiger partial charge in [-0.1, -0.05) is 0 Å². The summed E-state index contributed by atoms with van der Waals surface area (Å²) < 4.78 is 14.7. The molecule has 0 unspecified atom stereocenters. The van der Waals surface area contributed by atoms with Crippen LogP contribution in [0.5, 0.6) is 0 Å². The normalized spacial score (nSPS) is 23.1. The van der Waals surface area contributed by atoms with Crippen molar-refractivity contribution in [1.29, 1.82) is 0 Å². The standard InChI is InChI=1S/C12H20O6/c1-8(13)16-7-6-9(14)4-5-10-12(2,3)18-11(15)17-10/h9-10,14H,4-7H2,1-3H3/t9-,10-/m1/s1. The molecule has 1 heterocycles. The van der Waals surface area contributed by atoms with E-state index in [4.69, 9.17) is 14.2 Å². The summed E-state index contributed by atoms with van der Waals surface area (Å²) in [5.74, 6) is -0.360. The molecule has 0 saturated carbocycles. The van der Waals surface area contributed by atoms with Crippen molar-refractivity contribution in [2.24, 2.45) is 0 Å². The second-order valence-electron chi connectivity index (χ2n) is 4.92. The highest BCUT2D eigenvalue weighted by atomic mass is 16.8. The number of carbonyl (C=O) groups is 2. The number of esters is 1. The number of hydrogen-bond acceptors (Lipinski definition) is 6. The van der Waals surface area contributed by atoms with E-state index in [1.165, 1.54) is 6.92 Å². The van der Waals surface area contributed by atoms with Crippen LogP contribution in [0.1, 0.15) is 40.0 Å². The molecule has 0 aliphatic carbocycles. The second-order valence-corrected chi connectivity index (χ2v) is 4.92. The molecule has 6 heteroatoms. The lowest BCUT2D eigenvalue weighted by atomic mass is 9.96. The topological polar surface area (TPSA) is 82.1 Å². The van der Waals surface area contributed by atoms with Gasteiger partial charge >= 0.3 is 12.1 Å². The second kappa shape index (κ2) is 6.04. The fourth-order valence-electron chi connectivity index (χ4n) is 1.80. The van der Waals surface area contributed by atoms with E-state index in [1.54, 1.807) is 13.8 Å². The Morgan fingerprint density at radius 1 is 1.50 bits per heavy atom. The Morgan fingerprint density at radius 3 is 2.67 bits per heavy atom. The van der Waals surface area contributed by atoms with Crippen molar-refractivity contribution in [3.63, 3.8) is 0 Å². The molecule has 1 rings (SSSR count). The number of carbonyl (C=O) groups excluding carboxylic acids is 2. The van der Waals surface area contributed by atoms with E-state index >= 15 is 0 Å².